The number of ether oxygens (including phenoxy) is 2. The molecule has 0 aliphatic carbocycles. The van der Waals surface area contributed by atoms with Crippen LogP contribution in [0.5, 0.6) is 5.75 Å². The minimum atomic E-state index is -0.271. The Balaban J connectivity index is 1.75. The molecule has 0 unspecified atom stereocenters. The lowest BCUT2D eigenvalue weighted by atomic mass is 10.0. The van der Waals surface area contributed by atoms with Crippen LogP contribution in [-0.2, 0) is 9.53 Å². The third-order valence-corrected chi connectivity index (χ3v) is 5.36. The highest BCUT2D eigenvalue weighted by Crippen LogP contribution is 2.42. The van der Waals surface area contributed by atoms with Crippen molar-refractivity contribution in [1.29, 1.82) is 0 Å². The second-order valence-corrected chi connectivity index (χ2v) is 7.37. The molecule has 2 aromatic heterocycles. The lowest BCUT2D eigenvalue weighted by Gasteiger charge is -2.27. The summed E-state index contributed by atoms with van der Waals surface area (Å²) in [5.41, 5.74) is 3.22. The summed E-state index contributed by atoms with van der Waals surface area (Å²) in [7, 11) is 3.03. The van der Waals surface area contributed by atoms with Gasteiger partial charge in [0.15, 0.2) is 5.11 Å². The monoisotopic (exact) mass is 437 g/mol. The average Bonchev–Trinajstić information content (AvgIpc) is 3.42. The summed E-state index contributed by atoms with van der Waals surface area (Å²) >= 11 is 5.72. The molecule has 3 aromatic rings. The Bertz CT molecular complexity index is 1060. The summed E-state index contributed by atoms with van der Waals surface area (Å²) < 4.78 is 10.3. The number of aromatic nitrogens is 2. The Morgan fingerprint density at radius 3 is 2.77 bits per heavy atom. The van der Waals surface area contributed by atoms with E-state index in [2.05, 4.69) is 20.6 Å². The topological polar surface area (TPSA) is 91.5 Å². The number of H-pyrrole nitrogens is 1. The molecule has 1 aromatic carbocycles. The van der Waals surface area contributed by atoms with E-state index in [0.29, 0.717) is 16.5 Å². The standard InChI is InChI=1S/C22H23N5O3S/c1-29-13-19(28)25-17-12-14(8-9-18(17)30-2)27-21(16-7-5-11-24-16)20(26-22(27)31)15-6-3-4-10-23-15/h3-12,20-21,24H,13H2,1-2H3,(H,25,28)(H,26,31)/t20-,21+/m0/s1. The van der Waals surface area contributed by atoms with E-state index in [0.717, 1.165) is 17.1 Å². The summed E-state index contributed by atoms with van der Waals surface area (Å²) in [6.07, 6.45) is 3.65. The van der Waals surface area contributed by atoms with E-state index in [1.807, 2.05) is 53.6 Å². The van der Waals surface area contributed by atoms with Crippen molar-refractivity contribution < 1.29 is 14.3 Å². The molecule has 160 valence electrons. The van der Waals surface area contributed by atoms with Gasteiger partial charge >= 0.3 is 0 Å². The number of thiocarbonyl (C=S) groups is 1. The SMILES string of the molecule is COCC(=O)Nc1cc(N2C(=S)N[C@@H](c3ccccn3)[C@H]2c2ccc[nH]2)ccc1OC. The second-order valence-electron chi connectivity index (χ2n) is 6.99. The Hall–Kier alpha value is -3.43. The first-order valence-electron chi connectivity index (χ1n) is 9.73. The van der Waals surface area contributed by atoms with E-state index in [1.165, 1.54) is 7.11 Å². The zero-order valence-corrected chi connectivity index (χ0v) is 18.0. The maximum absolute atomic E-state index is 12.1. The zero-order chi connectivity index (χ0) is 21.8. The van der Waals surface area contributed by atoms with Gasteiger partial charge in [-0.25, -0.2) is 0 Å². The van der Waals surface area contributed by atoms with Gasteiger partial charge in [0.25, 0.3) is 0 Å². The van der Waals surface area contributed by atoms with E-state index in [-0.39, 0.29) is 24.6 Å². The van der Waals surface area contributed by atoms with Crippen molar-refractivity contribution in [2.24, 2.45) is 0 Å². The van der Waals surface area contributed by atoms with Gasteiger partial charge in [-0.1, -0.05) is 6.07 Å². The second kappa shape index (κ2) is 9.15. The molecule has 0 bridgehead atoms. The van der Waals surface area contributed by atoms with E-state index in [4.69, 9.17) is 21.7 Å². The number of pyridine rings is 1. The normalized spacial score (nSPS) is 18.0. The first kappa shape index (κ1) is 20.8. The molecule has 0 spiro atoms. The Morgan fingerprint density at radius 1 is 1.23 bits per heavy atom. The highest BCUT2D eigenvalue weighted by Gasteiger charge is 2.41. The molecule has 4 rings (SSSR count). The third-order valence-electron chi connectivity index (χ3n) is 5.05. The summed E-state index contributed by atoms with van der Waals surface area (Å²) in [6, 6.07) is 15.0. The first-order valence-corrected chi connectivity index (χ1v) is 10.1. The highest BCUT2D eigenvalue weighted by molar-refractivity contribution is 7.80. The molecule has 0 radical (unpaired) electrons. The predicted octanol–water partition coefficient (Wildman–Crippen LogP) is 3.18. The van der Waals surface area contributed by atoms with Crippen LogP contribution in [0.25, 0.3) is 0 Å². The van der Waals surface area contributed by atoms with Gasteiger partial charge in [0.05, 0.1) is 24.5 Å². The zero-order valence-electron chi connectivity index (χ0n) is 17.2. The molecule has 3 N–H and O–H groups in total. The number of aromatic amines is 1. The largest absolute Gasteiger partial charge is 0.495 e. The van der Waals surface area contributed by atoms with E-state index < -0.39 is 0 Å². The number of rotatable bonds is 7. The number of amides is 1. The van der Waals surface area contributed by atoms with Gasteiger partial charge in [0.2, 0.25) is 5.91 Å². The van der Waals surface area contributed by atoms with Crippen LogP contribution < -0.4 is 20.3 Å². The molecule has 1 aliphatic heterocycles. The van der Waals surface area contributed by atoms with Crippen molar-refractivity contribution in [2.75, 3.05) is 31.0 Å². The quantitative estimate of drug-likeness (QED) is 0.489. The summed E-state index contributed by atoms with van der Waals surface area (Å²) in [4.78, 5) is 22.0. The lowest BCUT2D eigenvalue weighted by Crippen LogP contribution is -2.29. The molecule has 8 nitrogen and oxygen atoms in total. The number of benzene rings is 1. The number of anilines is 2. The van der Waals surface area contributed by atoms with Crippen LogP contribution in [0.3, 0.4) is 0 Å². The highest BCUT2D eigenvalue weighted by atomic mass is 32.1. The third kappa shape index (κ3) is 4.23. The van der Waals surface area contributed by atoms with Gasteiger partial charge in [-0.15, -0.1) is 0 Å². The molecule has 0 saturated carbocycles. The Labute approximate surface area is 185 Å². The number of methoxy groups -OCH3 is 2. The molecule has 1 amide bonds. The molecule has 3 heterocycles. The van der Waals surface area contributed by atoms with Crippen molar-refractivity contribution >= 4 is 34.6 Å². The molecule has 1 saturated heterocycles. The van der Waals surface area contributed by atoms with E-state index in [9.17, 15) is 4.79 Å². The molecule has 31 heavy (non-hydrogen) atoms. The average molecular weight is 438 g/mol. The van der Waals surface area contributed by atoms with Gasteiger partial charge in [-0.2, -0.15) is 0 Å². The minimum Gasteiger partial charge on any atom is -0.495 e. The fraction of sp³-hybridized carbons (Fsp3) is 0.227. The van der Waals surface area contributed by atoms with Crippen LogP contribution in [-0.4, -0.2) is 41.8 Å². The smallest absolute Gasteiger partial charge is 0.250 e. The molecular formula is C22H23N5O3S. The van der Waals surface area contributed by atoms with Crippen LogP contribution >= 0.6 is 12.2 Å². The number of hydrogen-bond donors (Lipinski definition) is 3. The van der Waals surface area contributed by atoms with Gasteiger partial charge < -0.3 is 30.0 Å². The van der Waals surface area contributed by atoms with Crippen molar-refractivity contribution in [3.63, 3.8) is 0 Å². The van der Waals surface area contributed by atoms with Gasteiger partial charge in [-0.3, -0.25) is 9.78 Å². The summed E-state index contributed by atoms with van der Waals surface area (Å²) in [5, 5.41) is 6.80. The molecular weight excluding hydrogens is 414 g/mol. The lowest BCUT2D eigenvalue weighted by molar-refractivity contribution is -0.119. The number of nitrogens with zero attached hydrogens (tertiary/aromatic N) is 2. The van der Waals surface area contributed by atoms with Crippen LogP contribution in [0.2, 0.25) is 0 Å². The van der Waals surface area contributed by atoms with E-state index >= 15 is 0 Å². The van der Waals surface area contributed by atoms with Crippen molar-refractivity contribution in [3.05, 3.63) is 72.3 Å². The first-order chi connectivity index (χ1) is 15.1. The van der Waals surface area contributed by atoms with Gasteiger partial charge in [0.1, 0.15) is 18.4 Å². The minimum absolute atomic E-state index is 0.0517. The maximum Gasteiger partial charge on any atom is 0.250 e. The van der Waals surface area contributed by atoms with Gasteiger partial charge in [0, 0.05) is 30.9 Å². The number of hydrogen-bond acceptors (Lipinski definition) is 5. The molecule has 1 fully saturated rings. The van der Waals surface area contributed by atoms with Crippen molar-refractivity contribution in [1.82, 2.24) is 15.3 Å². The van der Waals surface area contributed by atoms with Crippen LogP contribution in [0.4, 0.5) is 11.4 Å². The predicted molar refractivity (Wildman–Crippen MR) is 122 cm³/mol. The summed E-state index contributed by atoms with van der Waals surface area (Å²) in [5.74, 6) is 0.274. The Morgan fingerprint density at radius 2 is 2.10 bits per heavy atom. The number of carbonyl (C=O) groups is 1. The number of nitrogens with one attached hydrogen (secondary N) is 3. The van der Waals surface area contributed by atoms with Crippen LogP contribution in [0, 0.1) is 0 Å². The molecule has 1 aliphatic rings. The molecule has 2 atom stereocenters. The molecule has 9 heteroatoms. The van der Waals surface area contributed by atoms with E-state index in [1.54, 1.807) is 19.4 Å². The van der Waals surface area contributed by atoms with Crippen molar-refractivity contribution in [2.45, 2.75) is 12.1 Å². The Kier molecular flexibility index (Phi) is 6.15. The maximum atomic E-state index is 12.1. The number of carbonyl (C=O) groups excluding carboxylic acids is 1. The fourth-order valence-corrected chi connectivity index (χ4v) is 4.08. The summed E-state index contributed by atoms with van der Waals surface area (Å²) in [6.45, 7) is -0.0517. The van der Waals surface area contributed by atoms with Crippen LogP contribution in [0.15, 0.2) is 60.9 Å². The van der Waals surface area contributed by atoms with Crippen molar-refractivity contribution in [3.8, 4) is 5.75 Å². The van der Waals surface area contributed by atoms with Crippen LogP contribution in [0.1, 0.15) is 23.5 Å². The fourth-order valence-electron chi connectivity index (χ4n) is 3.74. The van der Waals surface area contributed by atoms with Gasteiger partial charge in [-0.05, 0) is 54.7 Å².